The van der Waals surface area contributed by atoms with Gasteiger partial charge in [-0.05, 0) is 39.7 Å². The fourth-order valence-corrected chi connectivity index (χ4v) is 2.50. The van der Waals surface area contributed by atoms with Gasteiger partial charge in [0.05, 0.1) is 10.0 Å². The van der Waals surface area contributed by atoms with Crippen molar-refractivity contribution in [2.75, 3.05) is 12.8 Å². The number of carbonyl (C=O) groups is 1. The molecule has 0 saturated heterocycles. The number of rotatable bonds is 3. The van der Waals surface area contributed by atoms with Crippen LogP contribution in [0.3, 0.4) is 0 Å². The number of nitrogens with two attached hydrogens (primary N) is 1. The monoisotopic (exact) mass is 352 g/mol. The van der Waals surface area contributed by atoms with Crippen LogP contribution in [-0.2, 0) is 6.54 Å². The van der Waals surface area contributed by atoms with Gasteiger partial charge in [0.2, 0.25) is 0 Å². The number of nitrogen functional groups attached to an aromatic ring is 1. The van der Waals surface area contributed by atoms with Gasteiger partial charge in [0.1, 0.15) is 0 Å². The lowest BCUT2D eigenvalue weighted by molar-refractivity contribution is 0.0784. The standard InChI is InChI=1S/C15H14BrClN2O/c1-19(9-10-5-2-3-7-12(10)17)15(20)11-6-4-8-13(18)14(11)16/h2-8H,9,18H2,1H3. The van der Waals surface area contributed by atoms with E-state index in [2.05, 4.69) is 15.9 Å². The first kappa shape index (κ1) is 14.9. The van der Waals surface area contributed by atoms with E-state index in [4.69, 9.17) is 17.3 Å². The van der Waals surface area contributed by atoms with Gasteiger partial charge in [-0.3, -0.25) is 4.79 Å². The first-order valence-electron chi connectivity index (χ1n) is 6.03. The Labute approximate surface area is 131 Å². The predicted molar refractivity (Wildman–Crippen MR) is 85.8 cm³/mol. The fraction of sp³-hybridized carbons (Fsp3) is 0.133. The molecule has 3 nitrogen and oxygen atoms in total. The van der Waals surface area contributed by atoms with Crippen molar-refractivity contribution in [3.63, 3.8) is 0 Å². The first-order valence-corrected chi connectivity index (χ1v) is 7.20. The van der Waals surface area contributed by atoms with Crippen LogP contribution >= 0.6 is 27.5 Å². The topological polar surface area (TPSA) is 46.3 Å². The van der Waals surface area contributed by atoms with Crippen LogP contribution in [0.4, 0.5) is 5.69 Å². The lowest BCUT2D eigenvalue weighted by Gasteiger charge is -2.19. The third-order valence-electron chi connectivity index (χ3n) is 2.97. The number of anilines is 1. The summed E-state index contributed by atoms with van der Waals surface area (Å²) in [6, 6.07) is 12.7. The summed E-state index contributed by atoms with van der Waals surface area (Å²) in [4.78, 5) is 14.0. The van der Waals surface area contributed by atoms with Crippen molar-refractivity contribution in [3.8, 4) is 0 Å². The van der Waals surface area contributed by atoms with E-state index in [-0.39, 0.29) is 5.91 Å². The Balaban J connectivity index is 2.21. The predicted octanol–water partition coefficient (Wildman–Crippen LogP) is 3.96. The molecule has 0 aliphatic rings. The lowest BCUT2D eigenvalue weighted by Crippen LogP contribution is -2.26. The van der Waals surface area contributed by atoms with Crippen molar-refractivity contribution in [1.29, 1.82) is 0 Å². The summed E-state index contributed by atoms with van der Waals surface area (Å²) in [6.45, 7) is 0.444. The average molecular weight is 354 g/mol. The van der Waals surface area contributed by atoms with Gasteiger partial charge in [0.25, 0.3) is 5.91 Å². The van der Waals surface area contributed by atoms with Gasteiger partial charge in [0.15, 0.2) is 0 Å². The molecule has 0 radical (unpaired) electrons. The molecule has 0 saturated carbocycles. The second-order valence-electron chi connectivity index (χ2n) is 4.46. The molecule has 0 aliphatic heterocycles. The zero-order valence-electron chi connectivity index (χ0n) is 10.9. The molecule has 20 heavy (non-hydrogen) atoms. The molecule has 0 spiro atoms. The molecule has 0 unspecified atom stereocenters. The molecule has 104 valence electrons. The number of carbonyl (C=O) groups excluding carboxylic acids is 1. The van der Waals surface area contributed by atoms with Crippen molar-refractivity contribution < 1.29 is 4.79 Å². The second kappa shape index (κ2) is 6.29. The van der Waals surface area contributed by atoms with Crippen LogP contribution in [0.5, 0.6) is 0 Å². The molecule has 5 heteroatoms. The SMILES string of the molecule is CN(Cc1ccccc1Cl)C(=O)c1cccc(N)c1Br. The summed E-state index contributed by atoms with van der Waals surface area (Å²) in [5, 5.41) is 0.652. The van der Waals surface area contributed by atoms with Crippen LogP contribution in [-0.4, -0.2) is 17.9 Å². The third kappa shape index (κ3) is 3.14. The number of amides is 1. The molecule has 0 aliphatic carbocycles. The summed E-state index contributed by atoms with van der Waals surface area (Å²) >= 11 is 9.46. The molecule has 0 fully saturated rings. The van der Waals surface area contributed by atoms with Gasteiger partial charge < -0.3 is 10.6 Å². The van der Waals surface area contributed by atoms with E-state index in [0.717, 1.165) is 5.56 Å². The number of benzene rings is 2. The van der Waals surface area contributed by atoms with Crippen molar-refractivity contribution in [2.24, 2.45) is 0 Å². The summed E-state index contributed by atoms with van der Waals surface area (Å²) in [6.07, 6.45) is 0. The van der Waals surface area contributed by atoms with Crippen LogP contribution in [0.25, 0.3) is 0 Å². The Bertz CT molecular complexity index is 646. The van der Waals surface area contributed by atoms with E-state index >= 15 is 0 Å². The highest BCUT2D eigenvalue weighted by molar-refractivity contribution is 9.10. The molecule has 2 N–H and O–H groups in total. The van der Waals surface area contributed by atoms with Crippen molar-refractivity contribution in [1.82, 2.24) is 4.90 Å². The Morgan fingerprint density at radius 1 is 1.25 bits per heavy atom. The van der Waals surface area contributed by atoms with Gasteiger partial charge in [0, 0.05) is 24.3 Å². The highest BCUT2D eigenvalue weighted by Gasteiger charge is 2.17. The molecule has 1 amide bonds. The second-order valence-corrected chi connectivity index (χ2v) is 5.66. The maximum absolute atomic E-state index is 12.4. The molecular formula is C15H14BrClN2O. The molecule has 0 heterocycles. The van der Waals surface area contributed by atoms with E-state index < -0.39 is 0 Å². The molecule has 2 rings (SSSR count). The molecule has 0 aromatic heterocycles. The molecule has 2 aromatic rings. The van der Waals surface area contributed by atoms with Crippen LogP contribution < -0.4 is 5.73 Å². The number of hydrogen-bond acceptors (Lipinski definition) is 2. The van der Waals surface area contributed by atoms with Crippen LogP contribution in [0.2, 0.25) is 5.02 Å². The van der Waals surface area contributed by atoms with Crippen molar-refractivity contribution >= 4 is 39.1 Å². The van der Waals surface area contributed by atoms with Gasteiger partial charge in [-0.2, -0.15) is 0 Å². The number of halogens is 2. The zero-order chi connectivity index (χ0) is 14.7. The van der Waals surface area contributed by atoms with Crippen LogP contribution in [0.1, 0.15) is 15.9 Å². The first-order chi connectivity index (χ1) is 9.50. The highest BCUT2D eigenvalue weighted by atomic mass is 79.9. The molecule has 2 aromatic carbocycles. The average Bonchev–Trinajstić information content (AvgIpc) is 2.43. The minimum absolute atomic E-state index is 0.107. The summed E-state index contributed by atoms with van der Waals surface area (Å²) < 4.78 is 0.621. The highest BCUT2D eigenvalue weighted by Crippen LogP contribution is 2.25. The lowest BCUT2D eigenvalue weighted by atomic mass is 10.1. The van der Waals surface area contributed by atoms with E-state index in [1.165, 1.54) is 0 Å². The van der Waals surface area contributed by atoms with Crippen molar-refractivity contribution in [3.05, 3.63) is 63.1 Å². The summed E-state index contributed by atoms with van der Waals surface area (Å²) in [7, 11) is 1.74. The van der Waals surface area contributed by atoms with Crippen LogP contribution in [0.15, 0.2) is 46.9 Å². The fourth-order valence-electron chi connectivity index (χ4n) is 1.87. The minimum atomic E-state index is -0.107. The summed E-state index contributed by atoms with van der Waals surface area (Å²) in [5.41, 5.74) is 7.79. The third-order valence-corrected chi connectivity index (χ3v) is 4.22. The number of nitrogens with zero attached hydrogens (tertiary/aromatic N) is 1. The van der Waals surface area contributed by atoms with Crippen molar-refractivity contribution in [2.45, 2.75) is 6.54 Å². The molecule has 0 atom stereocenters. The largest absolute Gasteiger partial charge is 0.398 e. The van der Waals surface area contributed by atoms with Gasteiger partial charge in [-0.15, -0.1) is 0 Å². The normalized spacial score (nSPS) is 10.3. The quantitative estimate of drug-likeness (QED) is 0.849. The summed E-state index contributed by atoms with van der Waals surface area (Å²) in [5.74, 6) is -0.107. The number of hydrogen-bond donors (Lipinski definition) is 1. The van der Waals surface area contributed by atoms with E-state index in [1.54, 1.807) is 30.1 Å². The smallest absolute Gasteiger partial charge is 0.255 e. The Hall–Kier alpha value is -1.52. The minimum Gasteiger partial charge on any atom is -0.398 e. The van der Waals surface area contributed by atoms with Gasteiger partial charge in [-0.1, -0.05) is 35.9 Å². The van der Waals surface area contributed by atoms with E-state index in [1.807, 2.05) is 24.3 Å². The van der Waals surface area contributed by atoms with Gasteiger partial charge >= 0.3 is 0 Å². The maximum atomic E-state index is 12.4. The Morgan fingerprint density at radius 3 is 2.65 bits per heavy atom. The van der Waals surface area contributed by atoms with E-state index in [0.29, 0.717) is 27.3 Å². The zero-order valence-corrected chi connectivity index (χ0v) is 13.3. The van der Waals surface area contributed by atoms with Gasteiger partial charge in [-0.25, -0.2) is 0 Å². The van der Waals surface area contributed by atoms with E-state index in [9.17, 15) is 4.79 Å². The molecule has 0 bridgehead atoms. The Morgan fingerprint density at radius 2 is 1.95 bits per heavy atom. The Kier molecular flexibility index (Phi) is 4.68. The van der Waals surface area contributed by atoms with Crippen LogP contribution in [0, 0.1) is 0 Å². The maximum Gasteiger partial charge on any atom is 0.255 e. The molecular weight excluding hydrogens is 340 g/mol.